The van der Waals surface area contributed by atoms with E-state index in [0.717, 1.165) is 0 Å². The summed E-state index contributed by atoms with van der Waals surface area (Å²) in [4.78, 5) is 20.2. The number of phenols is 1. The van der Waals surface area contributed by atoms with Gasteiger partial charge in [-0.25, -0.2) is 9.97 Å². The minimum Gasteiger partial charge on any atom is -0.507 e. The number of amides is 1. The number of anilines is 1. The second-order valence-electron chi connectivity index (χ2n) is 4.35. The van der Waals surface area contributed by atoms with Crippen LogP contribution in [0.3, 0.4) is 0 Å². The summed E-state index contributed by atoms with van der Waals surface area (Å²) in [5.41, 5.74) is 0.767. The van der Waals surface area contributed by atoms with Gasteiger partial charge in [-0.1, -0.05) is 12.1 Å². The minimum absolute atomic E-state index is 0.0574. The Morgan fingerprint density at radius 2 is 2.05 bits per heavy atom. The van der Waals surface area contributed by atoms with E-state index in [0.29, 0.717) is 11.5 Å². The maximum Gasteiger partial charge on any atom is 0.259 e. The third kappa shape index (κ3) is 2.74. The van der Waals surface area contributed by atoms with Crippen LogP contribution in [0.2, 0.25) is 0 Å². The molecule has 0 aliphatic carbocycles. The molecule has 3 aromatic rings. The zero-order valence-corrected chi connectivity index (χ0v) is 11.0. The van der Waals surface area contributed by atoms with Crippen molar-refractivity contribution in [3.8, 4) is 11.6 Å². The van der Waals surface area contributed by atoms with Crippen LogP contribution in [0.25, 0.3) is 5.82 Å². The Morgan fingerprint density at radius 1 is 1.19 bits per heavy atom. The number of rotatable bonds is 3. The molecule has 2 N–H and O–H groups in total. The molecule has 0 unspecified atom stereocenters. The van der Waals surface area contributed by atoms with Crippen molar-refractivity contribution in [2.24, 2.45) is 0 Å². The van der Waals surface area contributed by atoms with Gasteiger partial charge in [0, 0.05) is 12.4 Å². The average Bonchev–Trinajstić information content (AvgIpc) is 3.02. The van der Waals surface area contributed by atoms with Crippen LogP contribution in [-0.2, 0) is 0 Å². The zero-order chi connectivity index (χ0) is 14.7. The van der Waals surface area contributed by atoms with Crippen LogP contribution in [0.15, 0.2) is 61.3 Å². The van der Waals surface area contributed by atoms with Crippen molar-refractivity contribution >= 4 is 11.6 Å². The molecule has 0 saturated heterocycles. The van der Waals surface area contributed by atoms with Crippen molar-refractivity contribution in [3.05, 3.63) is 66.9 Å². The Balaban J connectivity index is 1.77. The summed E-state index contributed by atoms with van der Waals surface area (Å²) in [7, 11) is 0. The maximum absolute atomic E-state index is 12.0. The molecule has 0 atom stereocenters. The molecular weight excluding hydrogens is 268 g/mol. The van der Waals surface area contributed by atoms with E-state index in [1.54, 1.807) is 59.8 Å². The number of hydrogen-bond donors (Lipinski definition) is 2. The summed E-state index contributed by atoms with van der Waals surface area (Å²) < 4.78 is 1.76. The van der Waals surface area contributed by atoms with E-state index in [1.807, 2.05) is 0 Å². The van der Waals surface area contributed by atoms with Crippen LogP contribution in [0.5, 0.6) is 5.75 Å². The molecule has 0 aliphatic heterocycles. The number of phenolic OH excluding ortho intramolecular Hbond substituents is 1. The van der Waals surface area contributed by atoms with Crippen molar-refractivity contribution in [1.29, 1.82) is 0 Å². The quantitative estimate of drug-likeness (QED) is 0.771. The number of imidazole rings is 1. The fourth-order valence-corrected chi connectivity index (χ4v) is 1.87. The van der Waals surface area contributed by atoms with Crippen molar-refractivity contribution in [2.45, 2.75) is 0 Å². The van der Waals surface area contributed by atoms with Gasteiger partial charge >= 0.3 is 0 Å². The number of carbonyl (C=O) groups excluding carboxylic acids is 1. The zero-order valence-electron chi connectivity index (χ0n) is 11.0. The second-order valence-corrected chi connectivity index (χ2v) is 4.35. The summed E-state index contributed by atoms with van der Waals surface area (Å²) in [6.07, 6.45) is 6.63. The minimum atomic E-state index is -0.384. The van der Waals surface area contributed by atoms with Gasteiger partial charge in [-0.3, -0.25) is 9.36 Å². The summed E-state index contributed by atoms with van der Waals surface area (Å²) >= 11 is 0. The first-order valence-corrected chi connectivity index (χ1v) is 6.28. The summed E-state index contributed by atoms with van der Waals surface area (Å²) in [6, 6.07) is 9.87. The third-order valence-corrected chi connectivity index (χ3v) is 2.92. The first-order valence-electron chi connectivity index (χ1n) is 6.28. The van der Waals surface area contributed by atoms with E-state index < -0.39 is 0 Å². The number of aromatic hydroxyl groups is 1. The first-order chi connectivity index (χ1) is 10.2. The van der Waals surface area contributed by atoms with Crippen molar-refractivity contribution in [3.63, 3.8) is 0 Å². The summed E-state index contributed by atoms with van der Waals surface area (Å²) in [5, 5.41) is 12.3. The molecule has 3 rings (SSSR count). The first kappa shape index (κ1) is 12.9. The highest BCUT2D eigenvalue weighted by Gasteiger charge is 2.10. The number of aromatic nitrogens is 3. The van der Waals surface area contributed by atoms with Gasteiger partial charge in [0.15, 0.2) is 0 Å². The van der Waals surface area contributed by atoms with Gasteiger partial charge in [-0.05, 0) is 24.3 Å². The molecule has 0 radical (unpaired) electrons. The van der Waals surface area contributed by atoms with Gasteiger partial charge in [-0.2, -0.15) is 0 Å². The highest BCUT2D eigenvalue weighted by Crippen LogP contribution is 2.17. The molecule has 0 aliphatic rings. The van der Waals surface area contributed by atoms with Crippen LogP contribution in [-0.4, -0.2) is 25.5 Å². The third-order valence-electron chi connectivity index (χ3n) is 2.92. The lowest BCUT2D eigenvalue weighted by Crippen LogP contribution is -2.12. The van der Waals surface area contributed by atoms with E-state index in [2.05, 4.69) is 15.3 Å². The average molecular weight is 280 g/mol. The molecule has 0 spiro atoms. The van der Waals surface area contributed by atoms with Crippen LogP contribution in [0, 0.1) is 0 Å². The monoisotopic (exact) mass is 280 g/mol. The van der Waals surface area contributed by atoms with Gasteiger partial charge < -0.3 is 10.4 Å². The Morgan fingerprint density at radius 3 is 2.71 bits per heavy atom. The van der Waals surface area contributed by atoms with Crippen LogP contribution >= 0.6 is 0 Å². The van der Waals surface area contributed by atoms with E-state index in [9.17, 15) is 9.90 Å². The van der Waals surface area contributed by atoms with E-state index in [-0.39, 0.29) is 17.2 Å². The van der Waals surface area contributed by atoms with Gasteiger partial charge in [0.2, 0.25) is 0 Å². The highest BCUT2D eigenvalue weighted by atomic mass is 16.3. The normalized spacial score (nSPS) is 10.3. The summed E-state index contributed by atoms with van der Waals surface area (Å²) in [6.45, 7) is 0. The lowest BCUT2D eigenvalue weighted by Gasteiger charge is -2.07. The molecule has 0 fully saturated rings. The SMILES string of the molecule is O=C(Nc1ccc(-n2ccnc2)nc1)c1ccccc1O. The van der Waals surface area contributed by atoms with Crippen LogP contribution < -0.4 is 5.32 Å². The smallest absolute Gasteiger partial charge is 0.259 e. The number of nitrogens with zero attached hydrogens (tertiary/aromatic N) is 3. The second kappa shape index (κ2) is 5.46. The number of hydrogen-bond acceptors (Lipinski definition) is 4. The fourth-order valence-electron chi connectivity index (χ4n) is 1.87. The number of carbonyl (C=O) groups is 1. The number of nitrogens with one attached hydrogen (secondary N) is 1. The molecule has 6 nitrogen and oxygen atoms in total. The molecular formula is C15H12N4O2. The molecule has 21 heavy (non-hydrogen) atoms. The number of para-hydroxylation sites is 1. The lowest BCUT2D eigenvalue weighted by atomic mass is 10.2. The molecule has 6 heteroatoms. The van der Waals surface area contributed by atoms with Gasteiger partial charge in [0.25, 0.3) is 5.91 Å². The fraction of sp³-hybridized carbons (Fsp3) is 0. The Kier molecular flexibility index (Phi) is 3.34. The molecule has 2 aromatic heterocycles. The molecule has 1 amide bonds. The van der Waals surface area contributed by atoms with Crippen molar-refractivity contribution < 1.29 is 9.90 Å². The number of benzene rings is 1. The van der Waals surface area contributed by atoms with Crippen molar-refractivity contribution in [2.75, 3.05) is 5.32 Å². The maximum atomic E-state index is 12.0. The Bertz CT molecular complexity index is 752. The molecule has 0 saturated carbocycles. The predicted octanol–water partition coefficient (Wildman–Crippen LogP) is 2.23. The summed E-state index contributed by atoms with van der Waals surface area (Å²) in [5.74, 6) is 0.260. The molecule has 104 valence electrons. The van der Waals surface area contributed by atoms with Crippen molar-refractivity contribution in [1.82, 2.24) is 14.5 Å². The van der Waals surface area contributed by atoms with Crippen LogP contribution in [0.4, 0.5) is 5.69 Å². The molecule has 2 heterocycles. The van der Waals surface area contributed by atoms with Gasteiger partial charge in [-0.15, -0.1) is 0 Å². The lowest BCUT2D eigenvalue weighted by molar-refractivity contribution is 0.102. The number of pyridine rings is 1. The van der Waals surface area contributed by atoms with E-state index in [1.165, 1.54) is 6.07 Å². The van der Waals surface area contributed by atoms with E-state index >= 15 is 0 Å². The molecule has 0 bridgehead atoms. The largest absolute Gasteiger partial charge is 0.507 e. The van der Waals surface area contributed by atoms with E-state index in [4.69, 9.17) is 0 Å². The van der Waals surface area contributed by atoms with Crippen LogP contribution in [0.1, 0.15) is 10.4 Å². The molecule has 1 aromatic carbocycles. The van der Waals surface area contributed by atoms with Gasteiger partial charge in [0.1, 0.15) is 17.9 Å². The standard InChI is InChI=1S/C15H12N4O2/c20-13-4-2-1-3-12(13)15(21)18-11-5-6-14(17-9-11)19-8-7-16-10-19/h1-10,20H,(H,18,21). The van der Waals surface area contributed by atoms with Gasteiger partial charge in [0.05, 0.1) is 17.4 Å². The topological polar surface area (TPSA) is 80.0 Å². The highest BCUT2D eigenvalue weighted by molar-refractivity contribution is 6.06. The predicted molar refractivity (Wildman–Crippen MR) is 77.4 cm³/mol. The Hall–Kier alpha value is -3.15. The Labute approximate surface area is 120 Å².